The molecule has 0 fully saturated rings. The molecule has 0 atom stereocenters. The smallest absolute Gasteiger partial charge is 0.251 e. The van der Waals surface area contributed by atoms with E-state index in [0.717, 1.165) is 26.6 Å². The Balaban J connectivity index is 1.65. The topological polar surface area (TPSA) is 75.7 Å². The van der Waals surface area contributed by atoms with Gasteiger partial charge in [-0.15, -0.1) is 0 Å². The number of nitrogens with one attached hydrogen (secondary N) is 1. The summed E-state index contributed by atoms with van der Waals surface area (Å²) < 4.78 is 32.3. The van der Waals surface area contributed by atoms with Crippen molar-refractivity contribution in [2.75, 3.05) is 14.1 Å². The zero-order valence-corrected chi connectivity index (χ0v) is 20.3. The minimum Gasteiger partial charge on any atom is -0.372 e. The molecule has 1 N–H and O–H groups in total. The van der Waals surface area contributed by atoms with Crippen molar-refractivity contribution in [1.82, 2.24) is 9.62 Å². The molecule has 3 rings (SSSR count). The van der Waals surface area contributed by atoms with Gasteiger partial charge >= 0.3 is 0 Å². The number of amides is 1. The minimum absolute atomic E-state index is 0.148. The van der Waals surface area contributed by atoms with Crippen LogP contribution in [0.15, 0.2) is 71.6 Å². The van der Waals surface area contributed by atoms with E-state index in [0.29, 0.717) is 30.9 Å². The molecule has 0 saturated carbocycles. The van der Waals surface area contributed by atoms with E-state index in [1.807, 2.05) is 54.6 Å². The number of carbonyl (C=O) groups excluding carboxylic acids is 1. The Labute approximate surface area is 196 Å². The van der Waals surface area contributed by atoms with E-state index in [4.69, 9.17) is 4.74 Å². The van der Waals surface area contributed by atoms with E-state index in [1.165, 1.54) is 20.2 Å². The van der Waals surface area contributed by atoms with Gasteiger partial charge in [-0.25, -0.2) is 12.7 Å². The van der Waals surface area contributed by atoms with Crippen LogP contribution in [0.25, 0.3) is 0 Å². The quantitative estimate of drug-likeness (QED) is 0.513. The van der Waals surface area contributed by atoms with Gasteiger partial charge in [0.25, 0.3) is 5.91 Å². The number of benzene rings is 3. The van der Waals surface area contributed by atoms with Gasteiger partial charge in [-0.1, -0.05) is 54.6 Å². The molecule has 1 amide bonds. The summed E-state index contributed by atoms with van der Waals surface area (Å²) in [4.78, 5) is 12.9. The third kappa shape index (κ3) is 6.28. The average Bonchev–Trinajstić information content (AvgIpc) is 2.80. The van der Waals surface area contributed by atoms with Gasteiger partial charge in [0.15, 0.2) is 0 Å². The fourth-order valence-electron chi connectivity index (χ4n) is 3.40. The maximum Gasteiger partial charge on any atom is 0.251 e. The molecule has 0 aliphatic carbocycles. The summed E-state index contributed by atoms with van der Waals surface area (Å²) >= 11 is 0. The molecular formula is C26H30N2O4S. The van der Waals surface area contributed by atoms with Gasteiger partial charge < -0.3 is 10.1 Å². The number of nitrogens with zero attached hydrogens (tertiary/aromatic N) is 1. The van der Waals surface area contributed by atoms with E-state index < -0.39 is 10.0 Å². The highest BCUT2D eigenvalue weighted by Gasteiger charge is 2.23. The second-order valence-corrected chi connectivity index (χ2v) is 10.3. The van der Waals surface area contributed by atoms with E-state index in [1.54, 1.807) is 19.9 Å². The van der Waals surface area contributed by atoms with Crippen molar-refractivity contribution in [3.8, 4) is 0 Å². The van der Waals surface area contributed by atoms with Gasteiger partial charge in [0, 0.05) is 26.2 Å². The van der Waals surface area contributed by atoms with Gasteiger partial charge in [-0.2, -0.15) is 0 Å². The first-order valence-corrected chi connectivity index (χ1v) is 12.1. The van der Waals surface area contributed by atoms with Gasteiger partial charge in [0.05, 0.1) is 18.1 Å². The molecule has 0 aliphatic heterocycles. The summed E-state index contributed by atoms with van der Waals surface area (Å²) in [7, 11) is -0.689. The van der Waals surface area contributed by atoms with Gasteiger partial charge in [0.1, 0.15) is 0 Å². The lowest BCUT2D eigenvalue weighted by Gasteiger charge is -2.16. The Kier molecular flexibility index (Phi) is 8.02. The molecule has 0 radical (unpaired) electrons. The lowest BCUT2D eigenvalue weighted by Crippen LogP contribution is -2.26. The van der Waals surface area contributed by atoms with Crippen LogP contribution in [0.3, 0.4) is 0 Å². The van der Waals surface area contributed by atoms with Crippen LogP contribution in [0.1, 0.15) is 38.2 Å². The largest absolute Gasteiger partial charge is 0.372 e. The van der Waals surface area contributed by atoms with Crippen LogP contribution < -0.4 is 5.32 Å². The molecule has 0 unspecified atom stereocenters. The number of hydrogen-bond acceptors (Lipinski definition) is 4. The highest BCUT2D eigenvalue weighted by molar-refractivity contribution is 7.89. The van der Waals surface area contributed by atoms with Crippen LogP contribution in [0.4, 0.5) is 0 Å². The number of ether oxygens (including phenoxy) is 1. The molecule has 174 valence electrons. The second-order valence-electron chi connectivity index (χ2n) is 8.18. The number of carbonyl (C=O) groups is 1. The fraction of sp³-hybridized carbons (Fsp3) is 0.269. The van der Waals surface area contributed by atoms with E-state index >= 15 is 0 Å². The van der Waals surface area contributed by atoms with Gasteiger partial charge in [0.2, 0.25) is 10.0 Å². The molecule has 0 heterocycles. The van der Waals surface area contributed by atoms with Crippen molar-refractivity contribution in [2.24, 2.45) is 0 Å². The van der Waals surface area contributed by atoms with Crippen molar-refractivity contribution < 1.29 is 17.9 Å². The molecule has 0 aliphatic rings. The molecule has 3 aromatic rings. The normalized spacial score (nSPS) is 11.5. The number of rotatable bonds is 9. The van der Waals surface area contributed by atoms with Crippen molar-refractivity contribution in [3.63, 3.8) is 0 Å². The van der Waals surface area contributed by atoms with Crippen molar-refractivity contribution in [3.05, 3.63) is 100 Å². The average molecular weight is 467 g/mol. The van der Waals surface area contributed by atoms with Crippen molar-refractivity contribution >= 4 is 15.9 Å². The lowest BCUT2D eigenvalue weighted by molar-refractivity contribution is 0.0950. The van der Waals surface area contributed by atoms with E-state index in [2.05, 4.69) is 5.32 Å². The maximum absolute atomic E-state index is 12.8. The third-order valence-corrected chi connectivity index (χ3v) is 7.41. The molecular weight excluding hydrogens is 436 g/mol. The van der Waals surface area contributed by atoms with Crippen molar-refractivity contribution in [1.29, 1.82) is 0 Å². The summed E-state index contributed by atoms with van der Waals surface area (Å²) in [6.07, 6.45) is 0. The second kappa shape index (κ2) is 10.7. The Morgan fingerprint density at radius 1 is 0.879 bits per heavy atom. The molecule has 33 heavy (non-hydrogen) atoms. The summed E-state index contributed by atoms with van der Waals surface area (Å²) in [6.45, 7) is 4.89. The highest BCUT2D eigenvalue weighted by atomic mass is 32.2. The Morgan fingerprint density at radius 2 is 1.52 bits per heavy atom. The van der Waals surface area contributed by atoms with Crippen LogP contribution in [-0.2, 0) is 34.5 Å². The highest BCUT2D eigenvalue weighted by Crippen LogP contribution is 2.23. The molecule has 6 nitrogen and oxygen atoms in total. The SMILES string of the molecule is Cc1cc(C(=O)NCc2cccc(COCc3ccccc3)c2)cc(S(=O)(=O)N(C)C)c1C. The predicted molar refractivity (Wildman–Crippen MR) is 129 cm³/mol. The molecule has 3 aromatic carbocycles. The third-order valence-electron chi connectivity index (χ3n) is 5.47. The first-order valence-electron chi connectivity index (χ1n) is 10.7. The standard InChI is InChI=1S/C26H30N2O4S/c1-19-13-24(15-25(20(19)2)33(30,31)28(3)4)26(29)27-16-22-11-8-12-23(14-22)18-32-17-21-9-6-5-7-10-21/h5-15H,16-18H2,1-4H3,(H,27,29). The molecule has 7 heteroatoms. The summed E-state index contributed by atoms with van der Waals surface area (Å²) in [5.41, 5.74) is 4.78. The predicted octanol–water partition coefficient (Wildman–Crippen LogP) is 4.20. The summed E-state index contributed by atoms with van der Waals surface area (Å²) in [6, 6.07) is 21.0. The monoisotopic (exact) mass is 466 g/mol. The van der Waals surface area contributed by atoms with Crippen LogP contribution in [-0.4, -0.2) is 32.7 Å². The van der Waals surface area contributed by atoms with Crippen LogP contribution in [0.2, 0.25) is 0 Å². The first kappa shape index (κ1) is 24.6. The Morgan fingerprint density at radius 3 is 2.21 bits per heavy atom. The van der Waals surface area contributed by atoms with Crippen LogP contribution in [0.5, 0.6) is 0 Å². The summed E-state index contributed by atoms with van der Waals surface area (Å²) in [5.74, 6) is -0.320. The van der Waals surface area contributed by atoms with Crippen LogP contribution >= 0.6 is 0 Å². The van der Waals surface area contributed by atoms with E-state index in [-0.39, 0.29) is 10.8 Å². The van der Waals surface area contributed by atoms with Crippen molar-refractivity contribution in [2.45, 2.75) is 38.5 Å². The summed E-state index contributed by atoms with van der Waals surface area (Å²) in [5, 5.41) is 2.89. The fourth-order valence-corrected chi connectivity index (χ4v) is 4.61. The zero-order valence-electron chi connectivity index (χ0n) is 19.5. The van der Waals surface area contributed by atoms with E-state index in [9.17, 15) is 13.2 Å². The lowest BCUT2D eigenvalue weighted by atomic mass is 10.1. The first-order chi connectivity index (χ1) is 15.7. The molecule has 0 spiro atoms. The van der Waals surface area contributed by atoms with Gasteiger partial charge in [-0.3, -0.25) is 4.79 Å². The minimum atomic E-state index is -3.65. The zero-order chi connectivity index (χ0) is 24.0. The Hall–Kier alpha value is -3.00. The Bertz CT molecular complexity index is 1220. The maximum atomic E-state index is 12.8. The number of aryl methyl sites for hydroxylation is 1. The van der Waals surface area contributed by atoms with Gasteiger partial charge in [-0.05, 0) is 53.8 Å². The van der Waals surface area contributed by atoms with Crippen LogP contribution in [0, 0.1) is 13.8 Å². The molecule has 0 bridgehead atoms. The molecule has 0 aromatic heterocycles. The number of sulfonamides is 1. The molecule has 0 saturated heterocycles. The number of hydrogen-bond donors (Lipinski definition) is 1.